The van der Waals surface area contributed by atoms with E-state index in [1.807, 2.05) is 13.8 Å². The molecule has 2 aliphatic rings. The summed E-state index contributed by atoms with van der Waals surface area (Å²) in [5, 5.41) is 0. The zero-order chi connectivity index (χ0) is 11.0. The molecular formula is C10H16O4. The van der Waals surface area contributed by atoms with E-state index in [1.165, 1.54) is 0 Å². The van der Waals surface area contributed by atoms with Crippen molar-refractivity contribution < 1.29 is 19.1 Å². The SMILES string of the molecule is CC.CC1(C)OC(=O)C2(CC2)C(=O)O1. The van der Waals surface area contributed by atoms with Gasteiger partial charge in [0.2, 0.25) is 0 Å². The van der Waals surface area contributed by atoms with Gasteiger partial charge in [-0.15, -0.1) is 0 Å². The Morgan fingerprint density at radius 3 is 1.64 bits per heavy atom. The number of hydrogen-bond acceptors (Lipinski definition) is 4. The van der Waals surface area contributed by atoms with Crippen LogP contribution < -0.4 is 0 Å². The topological polar surface area (TPSA) is 52.6 Å². The minimum absolute atomic E-state index is 0.427. The summed E-state index contributed by atoms with van der Waals surface area (Å²) in [7, 11) is 0. The molecule has 0 aromatic carbocycles. The predicted octanol–water partition coefficient (Wildman–Crippen LogP) is 1.63. The Bertz CT molecular complexity index is 241. The zero-order valence-corrected chi connectivity index (χ0v) is 9.05. The van der Waals surface area contributed by atoms with Crippen molar-refractivity contribution in [3.05, 3.63) is 0 Å². The van der Waals surface area contributed by atoms with E-state index in [1.54, 1.807) is 13.8 Å². The standard InChI is InChI=1S/C8H10O4.C2H6/c1-7(2)11-5(9)8(3-4-8)6(10)12-7;1-2/h3-4H2,1-2H3;1-2H3. The van der Waals surface area contributed by atoms with E-state index in [-0.39, 0.29) is 0 Å². The molecule has 1 aliphatic carbocycles. The highest BCUT2D eigenvalue weighted by Crippen LogP contribution is 2.51. The minimum atomic E-state index is -1.08. The Morgan fingerprint density at radius 2 is 1.36 bits per heavy atom. The van der Waals surface area contributed by atoms with E-state index in [4.69, 9.17) is 9.47 Å². The fraction of sp³-hybridized carbons (Fsp3) is 0.800. The van der Waals surface area contributed by atoms with Crippen molar-refractivity contribution in [2.75, 3.05) is 0 Å². The van der Waals surface area contributed by atoms with Crippen LogP contribution in [0.2, 0.25) is 0 Å². The Balaban J connectivity index is 0.000000461. The number of ether oxygens (including phenoxy) is 2. The van der Waals surface area contributed by atoms with Gasteiger partial charge in [0.05, 0.1) is 0 Å². The van der Waals surface area contributed by atoms with Gasteiger partial charge in [-0.25, -0.2) is 0 Å². The maximum absolute atomic E-state index is 11.3. The Labute approximate surface area is 83.6 Å². The van der Waals surface area contributed by atoms with Crippen molar-refractivity contribution in [2.45, 2.75) is 46.3 Å². The summed E-state index contributed by atoms with van der Waals surface area (Å²) in [5.74, 6) is -1.94. The highest BCUT2D eigenvalue weighted by Gasteiger charge is 2.64. The molecule has 14 heavy (non-hydrogen) atoms. The number of esters is 2. The van der Waals surface area contributed by atoms with Crippen molar-refractivity contribution in [1.29, 1.82) is 0 Å². The van der Waals surface area contributed by atoms with Crippen LogP contribution in [-0.4, -0.2) is 17.7 Å². The second-order valence-corrected chi connectivity index (χ2v) is 3.76. The molecule has 80 valence electrons. The molecule has 1 spiro atoms. The van der Waals surface area contributed by atoms with Crippen LogP contribution in [0.4, 0.5) is 0 Å². The van der Waals surface area contributed by atoms with Gasteiger partial charge in [0.15, 0.2) is 5.41 Å². The molecule has 4 nitrogen and oxygen atoms in total. The lowest BCUT2D eigenvalue weighted by Gasteiger charge is -2.32. The molecule has 0 aromatic rings. The number of hydrogen-bond donors (Lipinski definition) is 0. The average Bonchev–Trinajstić information content (AvgIpc) is 2.83. The lowest BCUT2D eigenvalue weighted by molar-refractivity contribution is -0.242. The number of rotatable bonds is 0. The van der Waals surface area contributed by atoms with Gasteiger partial charge in [0, 0.05) is 13.8 Å². The Morgan fingerprint density at radius 1 is 1.00 bits per heavy atom. The van der Waals surface area contributed by atoms with Gasteiger partial charge in [0.1, 0.15) is 0 Å². The van der Waals surface area contributed by atoms with Crippen LogP contribution >= 0.6 is 0 Å². The average molecular weight is 200 g/mol. The van der Waals surface area contributed by atoms with Crippen molar-refractivity contribution in [3.63, 3.8) is 0 Å². The molecule has 1 saturated heterocycles. The third-order valence-corrected chi connectivity index (χ3v) is 2.21. The van der Waals surface area contributed by atoms with E-state index in [0.29, 0.717) is 12.8 Å². The second-order valence-electron chi connectivity index (χ2n) is 3.76. The molecule has 2 fully saturated rings. The number of cyclic esters (lactones) is 2. The highest BCUT2D eigenvalue weighted by atomic mass is 16.7. The third-order valence-electron chi connectivity index (χ3n) is 2.21. The van der Waals surface area contributed by atoms with Gasteiger partial charge < -0.3 is 9.47 Å². The molecule has 0 amide bonds. The molecular weight excluding hydrogens is 184 g/mol. The first kappa shape index (κ1) is 11.0. The molecule has 0 bridgehead atoms. The molecule has 1 saturated carbocycles. The lowest BCUT2D eigenvalue weighted by atomic mass is 10.1. The molecule has 2 rings (SSSR count). The first-order valence-electron chi connectivity index (χ1n) is 4.93. The summed E-state index contributed by atoms with van der Waals surface area (Å²) in [6.07, 6.45) is 1.14. The van der Waals surface area contributed by atoms with Gasteiger partial charge in [-0.1, -0.05) is 13.8 Å². The normalized spacial score (nSPS) is 25.7. The number of carbonyl (C=O) groups excluding carboxylic acids is 2. The first-order valence-corrected chi connectivity index (χ1v) is 4.93. The second kappa shape index (κ2) is 3.26. The van der Waals surface area contributed by atoms with Gasteiger partial charge in [-0.05, 0) is 12.8 Å². The van der Waals surface area contributed by atoms with Crippen LogP contribution in [-0.2, 0) is 19.1 Å². The van der Waals surface area contributed by atoms with Crippen LogP contribution in [0.3, 0.4) is 0 Å². The van der Waals surface area contributed by atoms with Crippen molar-refractivity contribution in [3.8, 4) is 0 Å². The van der Waals surface area contributed by atoms with Crippen molar-refractivity contribution in [2.24, 2.45) is 5.41 Å². The molecule has 0 unspecified atom stereocenters. The van der Waals surface area contributed by atoms with Crippen molar-refractivity contribution in [1.82, 2.24) is 0 Å². The van der Waals surface area contributed by atoms with E-state index in [9.17, 15) is 9.59 Å². The molecule has 1 aliphatic heterocycles. The maximum Gasteiger partial charge on any atom is 0.326 e. The summed E-state index contributed by atoms with van der Waals surface area (Å²) in [4.78, 5) is 22.6. The largest absolute Gasteiger partial charge is 0.422 e. The molecule has 1 heterocycles. The van der Waals surface area contributed by atoms with Crippen LogP contribution in [0.15, 0.2) is 0 Å². The first-order chi connectivity index (χ1) is 6.46. The summed E-state index contributed by atoms with van der Waals surface area (Å²) < 4.78 is 9.88. The van der Waals surface area contributed by atoms with Crippen LogP contribution in [0.5, 0.6) is 0 Å². The maximum atomic E-state index is 11.3. The summed E-state index contributed by atoms with van der Waals surface area (Å²) in [6.45, 7) is 7.11. The smallest absolute Gasteiger partial charge is 0.326 e. The van der Waals surface area contributed by atoms with E-state index < -0.39 is 23.1 Å². The Kier molecular flexibility index (Phi) is 2.56. The highest BCUT2D eigenvalue weighted by molar-refractivity contribution is 6.04. The number of carbonyl (C=O) groups is 2. The summed E-state index contributed by atoms with van der Waals surface area (Å²) >= 11 is 0. The van der Waals surface area contributed by atoms with Gasteiger partial charge in [0.25, 0.3) is 5.79 Å². The van der Waals surface area contributed by atoms with Crippen LogP contribution in [0, 0.1) is 5.41 Å². The monoisotopic (exact) mass is 200 g/mol. The van der Waals surface area contributed by atoms with Crippen LogP contribution in [0.25, 0.3) is 0 Å². The molecule has 0 atom stereocenters. The third kappa shape index (κ3) is 1.61. The van der Waals surface area contributed by atoms with E-state index in [2.05, 4.69) is 0 Å². The van der Waals surface area contributed by atoms with Gasteiger partial charge in [-0.2, -0.15) is 0 Å². The Hall–Kier alpha value is -1.06. The summed E-state index contributed by atoms with van der Waals surface area (Å²) in [5.41, 5.74) is -0.921. The van der Waals surface area contributed by atoms with E-state index in [0.717, 1.165) is 0 Å². The lowest BCUT2D eigenvalue weighted by Crippen LogP contribution is -2.47. The quantitative estimate of drug-likeness (QED) is 0.440. The minimum Gasteiger partial charge on any atom is -0.422 e. The zero-order valence-electron chi connectivity index (χ0n) is 9.05. The fourth-order valence-corrected chi connectivity index (χ4v) is 1.28. The molecule has 0 aromatic heterocycles. The van der Waals surface area contributed by atoms with Crippen LogP contribution in [0.1, 0.15) is 40.5 Å². The van der Waals surface area contributed by atoms with Gasteiger partial charge >= 0.3 is 11.9 Å². The van der Waals surface area contributed by atoms with E-state index >= 15 is 0 Å². The molecule has 0 N–H and O–H groups in total. The van der Waals surface area contributed by atoms with Gasteiger partial charge in [-0.3, -0.25) is 9.59 Å². The molecule has 0 radical (unpaired) electrons. The van der Waals surface area contributed by atoms with Crippen molar-refractivity contribution >= 4 is 11.9 Å². The predicted molar refractivity (Wildman–Crippen MR) is 49.3 cm³/mol. The fourth-order valence-electron chi connectivity index (χ4n) is 1.28. The molecule has 4 heteroatoms. The summed E-state index contributed by atoms with van der Waals surface area (Å²) in [6, 6.07) is 0.